The van der Waals surface area contributed by atoms with Crippen LogP contribution in [-0.2, 0) is 11.2 Å². The second kappa shape index (κ2) is 13.8. The van der Waals surface area contributed by atoms with Gasteiger partial charge in [-0.1, -0.05) is 44.2 Å². The number of ether oxygens (including phenoxy) is 1. The molecule has 0 radical (unpaired) electrons. The van der Waals surface area contributed by atoms with Gasteiger partial charge in [0.25, 0.3) is 5.91 Å². The van der Waals surface area contributed by atoms with Gasteiger partial charge in [-0.05, 0) is 67.3 Å². The van der Waals surface area contributed by atoms with Crippen molar-refractivity contribution in [1.82, 2.24) is 5.32 Å². The fourth-order valence-corrected chi connectivity index (χ4v) is 3.49. The Morgan fingerprint density at radius 1 is 0.943 bits per heavy atom. The van der Waals surface area contributed by atoms with Crippen molar-refractivity contribution in [1.29, 1.82) is 0 Å². The first-order chi connectivity index (χ1) is 16.9. The number of carbonyl (C=O) groups excluding carboxylic acids is 2. The minimum atomic E-state index is -0.438. The molecule has 186 valence electrons. The van der Waals surface area contributed by atoms with Crippen molar-refractivity contribution in [2.45, 2.75) is 40.5 Å². The second-order valence-corrected chi connectivity index (χ2v) is 7.73. The number of anilines is 1. The molecule has 0 fully saturated rings. The van der Waals surface area contributed by atoms with Crippen LogP contribution >= 0.6 is 0 Å². The van der Waals surface area contributed by atoms with Crippen molar-refractivity contribution in [2.24, 2.45) is 0 Å². The van der Waals surface area contributed by atoms with Gasteiger partial charge in [-0.15, -0.1) is 0 Å². The average Bonchev–Trinajstić information content (AvgIpc) is 2.86. The predicted molar refractivity (Wildman–Crippen MR) is 138 cm³/mol. The first-order valence-electron chi connectivity index (χ1n) is 11.7. The number of rotatable bonds is 9. The molecule has 3 aromatic rings. The fourth-order valence-electron chi connectivity index (χ4n) is 3.49. The zero-order valence-electron chi connectivity index (χ0n) is 20.7. The molecule has 4 N–H and O–H groups in total. The summed E-state index contributed by atoms with van der Waals surface area (Å²) in [6, 6.07) is 17.5. The van der Waals surface area contributed by atoms with Gasteiger partial charge >= 0.3 is 0 Å². The lowest BCUT2D eigenvalue weighted by molar-refractivity contribution is -0.121. The molecule has 7 heteroatoms. The van der Waals surface area contributed by atoms with E-state index < -0.39 is 5.91 Å². The highest BCUT2D eigenvalue weighted by Crippen LogP contribution is 2.32. The Balaban J connectivity index is 0.00000210. The molecular weight excluding hydrogens is 444 g/mol. The molecule has 7 nitrogen and oxygen atoms in total. The summed E-state index contributed by atoms with van der Waals surface area (Å²) in [5.41, 5.74) is 3.52. The van der Waals surface area contributed by atoms with Gasteiger partial charge in [-0.3, -0.25) is 9.59 Å². The molecule has 0 saturated carbocycles. The van der Waals surface area contributed by atoms with E-state index in [1.807, 2.05) is 58.0 Å². The van der Waals surface area contributed by atoms with Gasteiger partial charge in [0.1, 0.15) is 17.2 Å². The monoisotopic (exact) mass is 478 g/mol. The van der Waals surface area contributed by atoms with Crippen molar-refractivity contribution >= 4 is 17.5 Å². The quantitative estimate of drug-likeness (QED) is 0.341. The summed E-state index contributed by atoms with van der Waals surface area (Å²) in [7, 11) is 0. The molecule has 0 spiro atoms. The lowest BCUT2D eigenvalue weighted by Gasteiger charge is -2.15. The summed E-state index contributed by atoms with van der Waals surface area (Å²) in [5.74, 6) is 0.397. The standard InChI is InChI=1S/C26H28N2O5.C2H6/c1-17-14-19(8-11-24(31)27-12-13-29)15-18(2)25(17)33-21-9-10-23(30)22(16-21)26(32)28-20-6-4-3-5-7-20;1-2/h3-7,9-10,14-16,29-30H,8,11-13H2,1-2H3,(H,27,31)(H,28,32);1-2H3. The van der Waals surface area contributed by atoms with Crippen molar-refractivity contribution in [3.8, 4) is 17.2 Å². The number of benzene rings is 3. The number of phenolic OH excluding ortho intramolecular Hbond substituents is 1. The summed E-state index contributed by atoms with van der Waals surface area (Å²) < 4.78 is 6.07. The molecule has 0 aromatic heterocycles. The summed E-state index contributed by atoms with van der Waals surface area (Å²) >= 11 is 0. The van der Waals surface area contributed by atoms with E-state index in [2.05, 4.69) is 10.6 Å². The number of hydrogen-bond donors (Lipinski definition) is 4. The maximum atomic E-state index is 12.6. The van der Waals surface area contributed by atoms with Crippen molar-refractivity contribution in [2.75, 3.05) is 18.5 Å². The molecule has 3 aromatic carbocycles. The fraction of sp³-hybridized carbons (Fsp3) is 0.286. The van der Waals surface area contributed by atoms with E-state index in [4.69, 9.17) is 9.84 Å². The first-order valence-corrected chi connectivity index (χ1v) is 11.7. The Morgan fingerprint density at radius 3 is 2.23 bits per heavy atom. The van der Waals surface area contributed by atoms with Gasteiger partial charge < -0.3 is 25.6 Å². The van der Waals surface area contributed by atoms with Gasteiger partial charge in [0.05, 0.1) is 12.2 Å². The van der Waals surface area contributed by atoms with Crippen LogP contribution in [0.3, 0.4) is 0 Å². The minimum Gasteiger partial charge on any atom is -0.507 e. The van der Waals surface area contributed by atoms with Crippen LogP contribution in [0.5, 0.6) is 17.2 Å². The number of aliphatic hydroxyl groups is 1. The molecule has 0 aliphatic heterocycles. The van der Waals surface area contributed by atoms with Crippen molar-refractivity contribution in [3.63, 3.8) is 0 Å². The molecule has 0 aliphatic rings. The van der Waals surface area contributed by atoms with Gasteiger partial charge in [0.15, 0.2) is 0 Å². The summed E-state index contributed by atoms with van der Waals surface area (Å²) in [6.45, 7) is 8.01. The third kappa shape index (κ3) is 8.15. The predicted octanol–water partition coefficient (Wildman–Crippen LogP) is 5.12. The zero-order chi connectivity index (χ0) is 25.8. The second-order valence-electron chi connectivity index (χ2n) is 7.73. The normalized spacial score (nSPS) is 10.1. The number of aliphatic hydroxyl groups excluding tert-OH is 1. The first kappa shape index (κ1) is 27.4. The van der Waals surface area contributed by atoms with Crippen LogP contribution in [0, 0.1) is 13.8 Å². The third-order valence-electron chi connectivity index (χ3n) is 5.06. The van der Waals surface area contributed by atoms with Gasteiger partial charge in [0.2, 0.25) is 5.91 Å². The van der Waals surface area contributed by atoms with E-state index in [1.54, 1.807) is 18.2 Å². The van der Waals surface area contributed by atoms with Crippen LogP contribution in [0.15, 0.2) is 60.7 Å². The Hall–Kier alpha value is -3.84. The molecule has 0 heterocycles. The lowest BCUT2D eigenvalue weighted by Crippen LogP contribution is -2.26. The lowest BCUT2D eigenvalue weighted by atomic mass is 10.0. The van der Waals surface area contributed by atoms with Crippen molar-refractivity contribution in [3.05, 3.63) is 82.9 Å². The smallest absolute Gasteiger partial charge is 0.259 e. The largest absolute Gasteiger partial charge is 0.507 e. The van der Waals surface area contributed by atoms with Crippen LogP contribution < -0.4 is 15.4 Å². The topological polar surface area (TPSA) is 108 Å². The molecule has 35 heavy (non-hydrogen) atoms. The SMILES string of the molecule is CC.Cc1cc(CCC(=O)NCCO)cc(C)c1Oc1ccc(O)c(C(=O)Nc2ccccc2)c1. The third-order valence-corrected chi connectivity index (χ3v) is 5.06. The van der Waals surface area contributed by atoms with Crippen LogP contribution in [0.2, 0.25) is 0 Å². The Kier molecular flexibility index (Phi) is 10.8. The summed E-state index contributed by atoms with van der Waals surface area (Å²) in [6.07, 6.45) is 0.902. The molecule has 0 unspecified atom stereocenters. The molecular formula is C28H34N2O5. The number of phenols is 1. The van der Waals surface area contributed by atoms with Crippen LogP contribution in [0.4, 0.5) is 5.69 Å². The molecule has 0 bridgehead atoms. The highest BCUT2D eigenvalue weighted by molar-refractivity contribution is 6.06. The Labute approximate surface area is 206 Å². The number of aromatic hydroxyl groups is 1. The van der Waals surface area contributed by atoms with E-state index in [1.165, 1.54) is 12.1 Å². The van der Waals surface area contributed by atoms with E-state index in [0.29, 0.717) is 30.0 Å². The van der Waals surface area contributed by atoms with E-state index in [0.717, 1.165) is 16.7 Å². The van der Waals surface area contributed by atoms with E-state index in [9.17, 15) is 14.7 Å². The van der Waals surface area contributed by atoms with E-state index >= 15 is 0 Å². The molecule has 0 atom stereocenters. The number of para-hydroxylation sites is 1. The summed E-state index contributed by atoms with van der Waals surface area (Å²) in [5, 5.41) is 24.4. The Morgan fingerprint density at radius 2 is 1.60 bits per heavy atom. The van der Waals surface area contributed by atoms with Gasteiger partial charge in [-0.2, -0.15) is 0 Å². The maximum Gasteiger partial charge on any atom is 0.259 e. The average molecular weight is 479 g/mol. The molecule has 3 rings (SSSR count). The maximum absolute atomic E-state index is 12.6. The number of aryl methyl sites for hydroxylation is 3. The Bertz CT molecular complexity index is 1110. The molecule has 0 saturated heterocycles. The van der Waals surface area contributed by atoms with Gasteiger partial charge in [-0.25, -0.2) is 0 Å². The number of carbonyl (C=O) groups is 2. The van der Waals surface area contributed by atoms with Crippen molar-refractivity contribution < 1.29 is 24.5 Å². The van der Waals surface area contributed by atoms with Crippen LogP contribution in [-0.4, -0.2) is 35.2 Å². The molecule has 0 aliphatic carbocycles. The minimum absolute atomic E-state index is 0.0805. The zero-order valence-corrected chi connectivity index (χ0v) is 20.7. The number of hydrogen-bond acceptors (Lipinski definition) is 5. The highest BCUT2D eigenvalue weighted by Gasteiger charge is 2.15. The van der Waals surface area contributed by atoms with E-state index in [-0.39, 0.29) is 30.4 Å². The highest BCUT2D eigenvalue weighted by atomic mass is 16.5. The summed E-state index contributed by atoms with van der Waals surface area (Å²) in [4.78, 5) is 24.4. The van der Waals surface area contributed by atoms with Crippen LogP contribution in [0.1, 0.15) is 47.3 Å². The number of amides is 2. The van der Waals surface area contributed by atoms with Crippen LogP contribution in [0.25, 0.3) is 0 Å². The molecule has 2 amide bonds. The number of nitrogens with one attached hydrogen (secondary N) is 2. The van der Waals surface area contributed by atoms with Gasteiger partial charge in [0, 0.05) is 18.7 Å².